The van der Waals surface area contributed by atoms with E-state index in [-0.39, 0.29) is 5.95 Å². The molecule has 1 atom stereocenters. The van der Waals surface area contributed by atoms with E-state index < -0.39 is 10.0 Å². The van der Waals surface area contributed by atoms with Gasteiger partial charge in [-0.05, 0) is 24.5 Å². The summed E-state index contributed by atoms with van der Waals surface area (Å²) < 4.78 is 39.1. The van der Waals surface area contributed by atoms with Gasteiger partial charge in [-0.25, -0.2) is 13.4 Å². The van der Waals surface area contributed by atoms with Gasteiger partial charge in [0, 0.05) is 29.6 Å². The highest BCUT2D eigenvalue weighted by atomic mass is 32.2. The zero-order chi connectivity index (χ0) is 22.4. The van der Waals surface area contributed by atoms with Crippen LogP contribution in [0, 0.1) is 5.92 Å². The van der Waals surface area contributed by atoms with E-state index in [0.29, 0.717) is 35.4 Å². The largest absolute Gasteiger partial charge is 0.492 e. The number of rotatable bonds is 11. The first-order valence-electron chi connectivity index (χ1n) is 10.3. The summed E-state index contributed by atoms with van der Waals surface area (Å²) in [5, 5.41) is 8.07. The van der Waals surface area contributed by atoms with Gasteiger partial charge in [0.1, 0.15) is 5.75 Å². The molecular formula is C21H29N5O4S. The van der Waals surface area contributed by atoms with Gasteiger partial charge in [0.05, 0.1) is 20.0 Å². The number of unbranched alkanes of at least 4 members (excludes halogenated alkanes) is 1. The van der Waals surface area contributed by atoms with Crippen LogP contribution in [0.3, 0.4) is 0 Å². The number of fused-ring (bicyclic) bond motifs is 1. The van der Waals surface area contributed by atoms with Crippen molar-refractivity contribution in [1.29, 1.82) is 0 Å². The second kappa shape index (κ2) is 9.95. The van der Waals surface area contributed by atoms with Crippen LogP contribution in [0.2, 0.25) is 0 Å². The lowest BCUT2D eigenvalue weighted by Crippen LogP contribution is -2.13. The van der Waals surface area contributed by atoms with Crippen LogP contribution in [0.1, 0.15) is 39.5 Å². The number of nitrogens with zero attached hydrogens (tertiary/aromatic N) is 4. The summed E-state index contributed by atoms with van der Waals surface area (Å²) in [4.78, 5) is 4.29. The fourth-order valence-corrected chi connectivity index (χ4v) is 3.81. The van der Waals surface area contributed by atoms with E-state index >= 15 is 0 Å². The molecule has 0 aliphatic heterocycles. The van der Waals surface area contributed by atoms with Crippen molar-refractivity contribution < 1.29 is 17.9 Å². The molecule has 0 spiro atoms. The molecule has 0 fully saturated rings. The summed E-state index contributed by atoms with van der Waals surface area (Å²) in [6, 6.07) is 5.45. The number of hydrogen-bond acceptors (Lipinski definition) is 7. The molecule has 3 rings (SSSR count). The van der Waals surface area contributed by atoms with Crippen molar-refractivity contribution in [2.24, 2.45) is 5.92 Å². The molecule has 3 aromatic heterocycles. The highest BCUT2D eigenvalue weighted by molar-refractivity contribution is 7.92. The molecule has 3 aromatic rings. The number of anilines is 1. The first-order valence-corrected chi connectivity index (χ1v) is 12.2. The minimum absolute atomic E-state index is 0.0996. The Morgan fingerprint density at radius 3 is 2.71 bits per heavy atom. The van der Waals surface area contributed by atoms with Gasteiger partial charge in [0.15, 0.2) is 5.65 Å². The van der Waals surface area contributed by atoms with Crippen LogP contribution in [0.25, 0.3) is 16.8 Å². The Labute approximate surface area is 182 Å². The minimum atomic E-state index is -3.51. The lowest BCUT2D eigenvalue weighted by molar-refractivity contribution is 0.234. The molecule has 0 saturated carbocycles. The van der Waals surface area contributed by atoms with E-state index in [1.807, 2.05) is 12.1 Å². The second-order valence-electron chi connectivity index (χ2n) is 7.47. The van der Waals surface area contributed by atoms with Gasteiger partial charge in [0.25, 0.3) is 0 Å². The van der Waals surface area contributed by atoms with Gasteiger partial charge in [-0.3, -0.25) is 9.12 Å². The van der Waals surface area contributed by atoms with E-state index in [1.54, 1.807) is 30.0 Å². The van der Waals surface area contributed by atoms with Gasteiger partial charge < -0.3 is 9.47 Å². The molecule has 1 unspecified atom stereocenters. The molecule has 10 heteroatoms. The second-order valence-corrected chi connectivity index (χ2v) is 9.21. The average Bonchev–Trinajstić information content (AvgIpc) is 3.13. The van der Waals surface area contributed by atoms with Crippen molar-refractivity contribution >= 4 is 21.6 Å². The van der Waals surface area contributed by atoms with Crippen molar-refractivity contribution in [2.75, 3.05) is 24.7 Å². The first kappa shape index (κ1) is 22.8. The highest BCUT2D eigenvalue weighted by Gasteiger charge is 2.19. The monoisotopic (exact) mass is 447 g/mol. The molecule has 0 aromatic carbocycles. The maximum absolute atomic E-state index is 11.7. The number of sulfonamides is 1. The topological polar surface area (TPSA) is 108 Å². The van der Waals surface area contributed by atoms with Gasteiger partial charge in [0.2, 0.25) is 21.9 Å². The summed E-state index contributed by atoms with van der Waals surface area (Å²) in [7, 11) is -1.96. The third-order valence-electron chi connectivity index (χ3n) is 5.06. The molecule has 3 heterocycles. The smallest absolute Gasteiger partial charge is 0.242 e. The molecule has 0 bridgehead atoms. The van der Waals surface area contributed by atoms with Crippen LogP contribution in [0.15, 0.2) is 30.6 Å². The number of ether oxygens (including phenoxy) is 2. The number of pyridine rings is 2. The van der Waals surface area contributed by atoms with Crippen LogP contribution < -0.4 is 14.2 Å². The van der Waals surface area contributed by atoms with Crippen LogP contribution in [-0.4, -0.2) is 48.0 Å². The fraction of sp³-hybridized carbons (Fsp3) is 0.476. The van der Waals surface area contributed by atoms with E-state index in [1.165, 1.54) is 0 Å². The molecule has 31 heavy (non-hydrogen) atoms. The Balaban J connectivity index is 2.07. The average molecular weight is 448 g/mol. The number of methoxy groups -OCH3 is 1. The third-order valence-corrected chi connectivity index (χ3v) is 5.61. The van der Waals surface area contributed by atoms with Crippen molar-refractivity contribution in [3.63, 3.8) is 0 Å². The lowest BCUT2D eigenvalue weighted by atomic mass is 10.0. The summed E-state index contributed by atoms with van der Waals surface area (Å²) in [5.74, 6) is 1.60. The Morgan fingerprint density at radius 1 is 1.23 bits per heavy atom. The van der Waals surface area contributed by atoms with Crippen molar-refractivity contribution in [1.82, 2.24) is 19.6 Å². The Hall–Kier alpha value is -2.88. The van der Waals surface area contributed by atoms with Crippen molar-refractivity contribution in [3.8, 4) is 22.8 Å². The maximum atomic E-state index is 11.7. The van der Waals surface area contributed by atoms with Gasteiger partial charge in [-0.15, -0.1) is 10.2 Å². The standard InChI is InChI=1S/C21H29N5O4S/c1-5-7-9-15(6-2)14-30-18-12-19-23-24-21(25-31(4,27)28)26(19)13-17(18)16-10-8-11-22-20(16)29-3/h8,10-13,15H,5-7,9,14H2,1-4H3,(H,24,25). The molecule has 1 N–H and O–H groups in total. The minimum Gasteiger partial charge on any atom is -0.492 e. The zero-order valence-electron chi connectivity index (χ0n) is 18.3. The molecule has 9 nitrogen and oxygen atoms in total. The summed E-state index contributed by atoms with van der Waals surface area (Å²) in [6.07, 6.45) is 8.90. The number of nitrogens with one attached hydrogen (secondary N) is 1. The third kappa shape index (κ3) is 5.63. The first-order chi connectivity index (χ1) is 14.9. The molecule has 0 aliphatic rings. The predicted octanol–water partition coefficient (Wildman–Crippen LogP) is 3.77. The molecule has 0 aliphatic carbocycles. The van der Waals surface area contributed by atoms with Crippen LogP contribution in [0.5, 0.6) is 11.6 Å². The number of hydrogen-bond donors (Lipinski definition) is 1. The maximum Gasteiger partial charge on any atom is 0.242 e. The predicted molar refractivity (Wildman–Crippen MR) is 120 cm³/mol. The van der Waals surface area contributed by atoms with Gasteiger partial charge in [-0.2, -0.15) is 0 Å². The van der Waals surface area contributed by atoms with Gasteiger partial charge >= 0.3 is 0 Å². The molecule has 0 radical (unpaired) electrons. The fourth-order valence-electron chi connectivity index (χ4n) is 3.34. The molecule has 0 saturated heterocycles. The number of aromatic nitrogens is 4. The SMILES string of the molecule is CCCCC(CC)COc1cc2nnc(NS(C)(=O)=O)n2cc1-c1cccnc1OC. The Morgan fingerprint density at radius 2 is 2.03 bits per heavy atom. The summed E-state index contributed by atoms with van der Waals surface area (Å²) in [6.45, 7) is 4.92. The quantitative estimate of drug-likeness (QED) is 0.477. The molecule has 168 valence electrons. The zero-order valence-corrected chi connectivity index (χ0v) is 19.1. The Kier molecular flexibility index (Phi) is 7.32. The van der Waals surface area contributed by atoms with Crippen LogP contribution >= 0.6 is 0 Å². The lowest BCUT2D eigenvalue weighted by Gasteiger charge is -2.18. The van der Waals surface area contributed by atoms with E-state index in [9.17, 15) is 8.42 Å². The summed E-state index contributed by atoms with van der Waals surface area (Å²) >= 11 is 0. The van der Waals surface area contributed by atoms with E-state index in [2.05, 4.69) is 33.8 Å². The van der Waals surface area contributed by atoms with Crippen LogP contribution in [-0.2, 0) is 10.0 Å². The van der Waals surface area contributed by atoms with Crippen LogP contribution in [0.4, 0.5) is 5.95 Å². The van der Waals surface area contributed by atoms with Crippen molar-refractivity contribution in [3.05, 3.63) is 30.6 Å². The van der Waals surface area contributed by atoms with E-state index in [0.717, 1.165) is 37.5 Å². The molecular weight excluding hydrogens is 418 g/mol. The van der Waals surface area contributed by atoms with E-state index in [4.69, 9.17) is 9.47 Å². The van der Waals surface area contributed by atoms with Crippen molar-refractivity contribution in [2.45, 2.75) is 39.5 Å². The van der Waals surface area contributed by atoms with Gasteiger partial charge in [-0.1, -0.05) is 33.1 Å². The highest BCUT2D eigenvalue weighted by Crippen LogP contribution is 2.36. The summed E-state index contributed by atoms with van der Waals surface area (Å²) in [5.41, 5.74) is 1.90. The Bertz CT molecular complexity index is 1130. The normalized spacial score (nSPS) is 12.6. The molecule has 0 amide bonds.